The Morgan fingerprint density at radius 2 is 2.06 bits per heavy atom. The number of esters is 1. The number of ether oxygens (including phenoxy) is 1. The topological polar surface area (TPSA) is 26.3 Å². The molecule has 2 nitrogen and oxygen atoms in total. The van der Waals surface area contributed by atoms with Crippen LogP contribution in [0.4, 0.5) is 4.39 Å². The average Bonchev–Trinajstić information content (AvgIpc) is 2.25. The van der Waals surface area contributed by atoms with Gasteiger partial charge in [0, 0.05) is 0 Å². The third kappa shape index (κ3) is 7.97. The first-order chi connectivity index (χ1) is 7.61. The molecule has 0 rings (SSSR count). The van der Waals surface area contributed by atoms with Crippen LogP contribution in [0.1, 0.15) is 46.0 Å². The molecule has 0 heterocycles. The number of thioether (sulfide) groups is 1. The molecule has 0 aliphatic carbocycles. The van der Waals surface area contributed by atoms with Gasteiger partial charge in [-0.05, 0) is 38.4 Å². The fraction of sp³-hybridized carbons (Fsp3) is 0.917. The molecular weight excluding hydrogens is 227 g/mol. The molecule has 2 unspecified atom stereocenters. The lowest BCUT2D eigenvalue weighted by atomic mass is 10.2. The summed E-state index contributed by atoms with van der Waals surface area (Å²) in [7, 11) is 1.43. The van der Waals surface area contributed by atoms with Crippen molar-refractivity contribution in [2.45, 2.75) is 57.4 Å². The van der Waals surface area contributed by atoms with Gasteiger partial charge in [0.05, 0.1) is 13.3 Å². The van der Waals surface area contributed by atoms with Gasteiger partial charge in [-0.25, -0.2) is 4.39 Å². The summed E-state index contributed by atoms with van der Waals surface area (Å²) in [5.41, 5.74) is 0. The molecule has 0 aliphatic rings. The van der Waals surface area contributed by atoms with Gasteiger partial charge >= 0.3 is 5.97 Å². The van der Waals surface area contributed by atoms with Gasteiger partial charge in [0.15, 0.2) is 0 Å². The van der Waals surface area contributed by atoms with Crippen LogP contribution in [0.3, 0.4) is 0 Å². The Bertz CT molecular complexity index is 186. The molecule has 0 aromatic carbocycles. The van der Waals surface area contributed by atoms with Gasteiger partial charge < -0.3 is 4.74 Å². The molecule has 0 aromatic heterocycles. The highest BCUT2D eigenvalue weighted by atomic mass is 32.2. The quantitative estimate of drug-likeness (QED) is 0.462. The van der Waals surface area contributed by atoms with Gasteiger partial charge in [-0.3, -0.25) is 4.79 Å². The van der Waals surface area contributed by atoms with E-state index < -0.39 is 6.17 Å². The lowest BCUT2D eigenvalue weighted by molar-refractivity contribution is -0.140. The number of rotatable bonds is 9. The lowest BCUT2D eigenvalue weighted by Gasteiger charge is -2.13. The Morgan fingerprint density at radius 3 is 2.56 bits per heavy atom. The smallest absolute Gasteiger partial charge is 0.318 e. The van der Waals surface area contributed by atoms with Crippen LogP contribution in [-0.2, 0) is 9.53 Å². The molecule has 0 bridgehead atoms. The predicted octanol–water partition coefficient (Wildman–Crippen LogP) is 3.59. The molecule has 0 N–H and O–H groups in total. The number of alkyl halides is 1. The van der Waals surface area contributed by atoms with E-state index in [9.17, 15) is 9.18 Å². The van der Waals surface area contributed by atoms with Crippen LogP contribution in [0, 0.1) is 0 Å². The van der Waals surface area contributed by atoms with Crippen LogP contribution in [0.2, 0.25) is 0 Å². The summed E-state index contributed by atoms with van der Waals surface area (Å²) in [6, 6.07) is 0. The van der Waals surface area contributed by atoms with Crippen molar-refractivity contribution >= 4 is 17.7 Å². The standard InChI is InChI=1S/C12H23FO2S/c1-4-7-11(12(14)15-3)16-9-6-5-8-10(2)13/h10-11H,4-9H2,1-3H3. The van der Waals surface area contributed by atoms with Gasteiger partial charge in [-0.2, -0.15) is 0 Å². The van der Waals surface area contributed by atoms with Crippen molar-refractivity contribution < 1.29 is 13.9 Å². The Labute approximate surface area is 102 Å². The largest absolute Gasteiger partial charge is 0.468 e. The van der Waals surface area contributed by atoms with Gasteiger partial charge in [0.25, 0.3) is 0 Å². The fourth-order valence-electron chi connectivity index (χ4n) is 1.42. The summed E-state index contributed by atoms with van der Waals surface area (Å²) in [4.78, 5) is 11.4. The van der Waals surface area contributed by atoms with E-state index in [0.717, 1.165) is 31.4 Å². The summed E-state index contributed by atoms with van der Waals surface area (Å²) < 4.78 is 17.3. The molecule has 96 valence electrons. The molecule has 2 atom stereocenters. The molecule has 0 fully saturated rings. The summed E-state index contributed by atoms with van der Waals surface area (Å²) >= 11 is 1.63. The Hall–Kier alpha value is -0.250. The summed E-state index contributed by atoms with van der Waals surface area (Å²) in [6.45, 7) is 3.64. The zero-order valence-electron chi connectivity index (χ0n) is 10.5. The van der Waals surface area contributed by atoms with Crippen molar-refractivity contribution in [1.82, 2.24) is 0 Å². The van der Waals surface area contributed by atoms with Crippen molar-refractivity contribution in [2.24, 2.45) is 0 Å². The molecule has 0 aromatic rings. The molecule has 0 amide bonds. The monoisotopic (exact) mass is 250 g/mol. The Balaban J connectivity index is 3.64. The predicted molar refractivity (Wildman–Crippen MR) is 67.6 cm³/mol. The SMILES string of the molecule is CCCC(SCCCCC(C)F)C(=O)OC. The van der Waals surface area contributed by atoms with Crippen LogP contribution in [0.25, 0.3) is 0 Å². The molecular formula is C12H23FO2S. The highest BCUT2D eigenvalue weighted by Crippen LogP contribution is 2.20. The van der Waals surface area contributed by atoms with E-state index in [-0.39, 0.29) is 11.2 Å². The normalized spacial score (nSPS) is 14.5. The number of methoxy groups -OCH3 is 1. The van der Waals surface area contributed by atoms with Crippen molar-refractivity contribution in [3.8, 4) is 0 Å². The van der Waals surface area contributed by atoms with Gasteiger partial charge in [0.1, 0.15) is 5.25 Å². The molecule has 0 aliphatic heterocycles. The Morgan fingerprint density at radius 1 is 1.38 bits per heavy atom. The fourth-order valence-corrected chi connectivity index (χ4v) is 2.71. The molecule has 0 saturated heterocycles. The second-order valence-electron chi connectivity index (χ2n) is 3.95. The second-order valence-corrected chi connectivity index (χ2v) is 5.26. The van der Waals surface area contributed by atoms with Crippen molar-refractivity contribution in [1.29, 1.82) is 0 Å². The number of hydrogen-bond acceptors (Lipinski definition) is 3. The van der Waals surface area contributed by atoms with E-state index in [1.54, 1.807) is 18.7 Å². The van der Waals surface area contributed by atoms with Crippen LogP contribution >= 0.6 is 11.8 Å². The molecule has 4 heteroatoms. The first kappa shape index (κ1) is 15.8. The zero-order valence-corrected chi connectivity index (χ0v) is 11.3. The lowest BCUT2D eigenvalue weighted by Crippen LogP contribution is -2.19. The van der Waals surface area contributed by atoms with E-state index in [0.29, 0.717) is 6.42 Å². The van der Waals surface area contributed by atoms with Crippen molar-refractivity contribution in [2.75, 3.05) is 12.9 Å². The second kappa shape index (κ2) is 9.94. The van der Waals surface area contributed by atoms with E-state index in [2.05, 4.69) is 6.92 Å². The maximum absolute atomic E-state index is 12.5. The maximum Gasteiger partial charge on any atom is 0.318 e. The average molecular weight is 250 g/mol. The van der Waals surface area contributed by atoms with E-state index >= 15 is 0 Å². The highest BCUT2D eigenvalue weighted by molar-refractivity contribution is 8.00. The van der Waals surface area contributed by atoms with Crippen LogP contribution in [0.15, 0.2) is 0 Å². The van der Waals surface area contributed by atoms with Gasteiger partial charge in [-0.15, -0.1) is 11.8 Å². The molecule has 16 heavy (non-hydrogen) atoms. The van der Waals surface area contributed by atoms with Crippen molar-refractivity contribution in [3.63, 3.8) is 0 Å². The number of carbonyl (C=O) groups is 1. The van der Waals surface area contributed by atoms with Crippen LogP contribution < -0.4 is 0 Å². The summed E-state index contributed by atoms with van der Waals surface area (Å²) in [5.74, 6) is 0.776. The third-order valence-electron chi connectivity index (χ3n) is 2.33. The first-order valence-electron chi connectivity index (χ1n) is 5.95. The van der Waals surface area contributed by atoms with Gasteiger partial charge in [-0.1, -0.05) is 13.3 Å². The van der Waals surface area contributed by atoms with Crippen LogP contribution in [0.5, 0.6) is 0 Å². The third-order valence-corrected chi connectivity index (χ3v) is 3.69. The minimum atomic E-state index is -0.711. The Kier molecular flexibility index (Phi) is 9.78. The van der Waals surface area contributed by atoms with E-state index in [4.69, 9.17) is 4.74 Å². The highest BCUT2D eigenvalue weighted by Gasteiger charge is 2.17. The summed E-state index contributed by atoms with van der Waals surface area (Å²) in [6.07, 6.45) is 3.61. The van der Waals surface area contributed by atoms with E-state index in [1.165, 1.54) is 7.11 Å². The number of hydrogen-bond donors (Lipinski definition) is 0. The van der Waals surface area contributed by atoms with E-state index in [1.807, 2.05) is 0 Å². The minimum absolute atomic E-state index is 0.0437. The first-order valence-corrected chi connectivity index (χ1v) is 7.00. The minimum Gasteiger partial charge on any atom is -0.468 e. The molecule has 0 saturated carbocycles. The number of carbonyl (C=O) groups excluding carboxylic acids is 1. The maximum atomic E-state index is 12.5. The molecule has 0 spiro atoms. The zero-order chi connectivity index (χ0) is 12.4. The molecule has 0 radical (unpaired) electrons. The van der Waals surface area contributed by atoms with Crippen LogP contribution in [-0.4, -0.2) is 30.3 Å². The number of unbranched alkanes of at least 4 members (excludes halogenated alkanes) is 1. The van der Waals surface area contributed by atoms with Crippen molar-refractivity contribution in [3.05, 3.63) is 0 Å². The summed E-state index contributed by atoms with van der Waals surface area (Å²) in [5, 5.41) is -0.0437. The number of halogens is 1. The van der Waals surface area contributed by atoms with Gasteiger partial charge in [0.2, 0.25) is 0 Å².